The molecule has 0 spiro atoms. The molecule has 2 aromatic rings. The molecule has 16 heavy (non-hydrogen) atoms. The van der Waals surface area contributed by atoms with Crippen LogP contribution in [0.15, 0.2) is 30.3 Å². The highest BCUT2D eigenvalue weighted by Gasteiger charge is 2.03. The van der Waals surface area contributed by atoms with Gasteiger partial charge in [-0.05, 0) is 19.1 Å². The molecule has 0 amide bonds. The predicted molar refractivity (Wildman–Crippen MR) is 60.8 cm³/mol. The van der Waals surface area contributed by atoms with Gasteiger partial charge in [-0.2, -0.15) is 15.0 Å². The molecule has 0 aliphatic heterocycles. The molecule has 0 saturated carbocycles. The normalized spacial score (nSPS) is 9.88. The molecular formula is C11H12N4O. The third kappa shape index (κ3) is 2.44. The molecule has 0 saturated heterocycles. The predicted octanol–water partition coefficient (Wildman–Crippen LogP) is 1.93. The lowest BCUT2D eigenvalue weighted by atomic mass is 10.3. The van der Waals surface area contributed by atoms with E-state index in [2.05, 4.69) is 20.3 Å². The number of aryl methyl sites for hydroxylation is 1. The van der Waals surface area contributed by atoms with Crippen molar-refractivity contribution in [2.24, 2.45) is 0 Å². The fraction of sp³-hybridized carbons (Fsp3) is 0.182. The summed E-state index contributed by atoms with van der Waals surface area (Å²) in [4.78, 5) is 12.3. The van der Waals surface area contributed by atoms with Gasteiger partial charge in [0.05, 0.1) is 7.11 Å². The van der Waals surface area contributed by atoms with Crippen LogP contribution < -0.4 is 10.1 Å². The molecule has 0 atom stereocenters. The minimum atomic E-state index is 0.311. The second-order valence-electron chi connectivity index (χ2n) is 3.18. The van der Waals surface area contributed by atoms with E-state index in [1.54, 1.807) is 6.92 Å². The summed E-state index contributed by atoms with van der Waals surface area (Å²) in [6.45, 7) is 1.79. The monoisotopic (exact) mass is 216 g/mol. The van der Waals surface area contributed by atoms with Crippen LogP contribution >= 0.6 is 0 Å². The second kappa shape index (κ2) is 4.57. The highest BCUT2D eigenvalue weighted by molar-refractivity contribution is 5.52. The first-order valence-electron chi connectivity index (χ1n) is 4.86. The molecule has 1 heterocycles. The zero-order chi connectivity index (χ0) is 11.4. The maximum atomic E-state index is 4.97. The maximum absolute atomic E-state index is 4.97. The highest BCUT2D eigenvalue weighted by Crippen LogP contribution is 2.13. The number of para-hydroxylation sites is 1. The summed E-state index contributed by atoms with van der Waals surface area (Å²) in [7, 11) is 1.53. The van der Waals surface area contributed by atoms with Crippen molar-refractivity contribution in [1.82, 2.24) is 15.0 Å². The molecule has 5 heteroatoms. The minimum Gasteiger partial charge on any atom is -0.467 e. The summed E-state index contributed by atoms with van der Waals surface area (Å²) in [5.74, 6) is 1.10. The Bertz CT molecular complexity index is 473. The van der Waals surface area contributed by atoms with Gasteiger partial charge in [0.1, 0.15) is 5.82 Å². The first kappa shape index (κ1) is 10.4. The number of hydrogen-bond donors (Lipinski definition) is 1. The van der Waals surface area contributed by atoms with Gasteiger partial charge in [0, 0.05) is 5.69 Å². The maximum Gasteiger partial charge on any atom is 0.321 e. The summed E-state index contributed by atoms with van der Waals surface area (Å²) in [5.41, 5.74) is 0.926. The van der Waals surface area contributed by atoms with Crippen molar-refractivity contribution < 1.29 is 4.74 Å². The fourth-order valence-corrected chi connectivity index (χ4v) is 1.26. The van der Waals surface area contributed by atoms with Crippen LogP contribution in [0.25, 0.3) is 0 Å². The van der Waals surface area contributed by atoms with Gasteiger partial charge < -0.3 is 10.1 Å². The molecule has 1 N–H and O–H groups in total. The van der Waals surface area contributed by atoms with Crippen molar-refractivity contribution in [2.75, 3.05) is 12.4 Å². The van der Waals surface area contributed by atoms with E-state index in [4.69, 9.17) is 4.74 Å². The van der Waals surface area contributed by atoms with E-state index >= 15 is 0 Å². The lowest BCUT2D eigenvalue weighted by Gasteiger charge is -2.06. The van der Waals surface area contributed by atoms with Crippen molar-refractivity contribution >= 4 is 11.6 Å². The van der Waals surface area contributed by atoms with Crippen LogP contribution in [-0.4, -0.2) is 22.1 Å². The Morgan fingerprint density at radius 1 is 1.06 bits per heavy atom. The molecule has 0 fully saturated rings. The standard InChI is InChI=1S/C11H12N4O/c1-8-12-10(15-11(13-8)16-2)14-9-6-4-3-5-7-9/h3-7H,1-2H3,(H,12,13,14,15). The van der Waals surface area contributed by atoms with E-state index in [0.717, 1.165) is 5.69 Å². The lowest BCUT2D eigenvalue weighted by molar-refractivity contribution is 0.377. The lowest BCUT2D eigenvalue weighted by Crippen LogP contribution is -2.03. The summed E-state index contributed by atoms with van der Waals surface area (Å²) in [6.07, 6.45) is 0. The number of hydrogen-bond acceptors (Lipinski definition) is 5. The number of nitrogens with zero attached hydrogens (tertiary/aromatic N) is 3. The SMILES string of the molecule is COc1nc(C)nc(Nc2ccccc2)n1. The van der Waals surface area contributed by atoms with E-state index in [-0.39, 0.29) is 0 Å². The molecule has 0 bridgehead atoms. The van der Waals surface area contributed by atoms with Crippen molar-refractivity contribution in [2.45, 2.75) is 6.92 Å². The topological polar surface area (TPSA) is 59.9 Å². The zero-order valence-corrected chi connectivity index (χ0v) is 9.14. The number of rotatable bonds is 3. The Kier molecular flexibility index (Phi) is 2.95. The largest absolute Gasteiger partial charge is 0.467 e. The van der Waals surface area contributed by atoms with Crippen LogP contribution in [0, 0.1) is 6.92 Å². The van der Waals surface area contributed by atoms with Crippen LogP contribution in [-0.2, 0) is 0 Å². The number of methoxy groups -OCH3 is 1. The van der Waals surface area contributed by atoms with Crippen LogP contribution in [0.1, 0.15) is 5.82 Å². The van der Waals surface area contributed by atoms with Gasteiger partial charge in [0.25, 0.3) is 0 Å². The van der Waals surface area contributed by atoms with Crippen LogP contribution in [0.2, 0.25) is 0 Å². The van der Waals surface area contributed by atoms with Crippen molar-refractivity contribution in [3.8, 4) is 6.01 Å². The molecule has 1 aromatic carbocycles. The Balaban J connectivity index is 2.24. The third-order valence-electron chi connectivity index (χ3n) is 1.94. The summed E-state index contributed by atoms with van der Waals surface area (Å²) < 4.78 is 4.97. The molecular weight excluding hydrogens is 204 g/mol. The molecule has 2 rings (SSSR count). The second-order valence-corrected chi connectivity index (χ2v) is 3.18. The van der Waals surface area contributed by atoms with Crippen LogP contribution in [0.3, 0.4) is 0 Å². The van der Waals surface area contributed by atoms with Crippen LogP contribution in [0.4, 0.5) is 11.6 Å². The number of aromatic nitrogens is 3. The molecule has 0 aliphatic carbocycles. The molecule has 0 aliphatic rings. The van der Waals surface area contributed by atoms with Gasteiger partial charge in [0.15, 0.2) is 0 Å². The Morgan fingerprint density at radius 3 is 2.50 bits per heavy atom. The van der Waals surface area contributed by atoms with Crippen LogP contribution in [0.5, 0.6) is 6.01 Å². The average Bonchev–Trinajstić information content (AvgIpc) is 2.29. The minimum absolute atomic E-state index is 0.311. The highest BCUT2D eigenvalue weighted by atomic mass is 16.5. The summed E-state index contributed by atoms with van der Waals surface area (Å²) in [5, 5.41) is 3.08. The quantitative estimate of drug-likeness (QED) is 0.849. The molecule has 1 aromatic heterocycles. The van der Waals surface area contributed by atoms with E-state index in [9.17, 15) is 0 Å². The van der Waals surface area contributed by atoms with Gasteiger partial charge >= 0.3 is 6.01 Å². The zero-order valence-electron chi connectivity index (χ0n) is 9.14. The number of benzene rings is 1. The Labute approximate surface area is 93.5 Å². The number of ether oxygens (including phenoxy) is 1. The Morgan fingerprint density at radius 2 is 1.81 bits per heavy atom. The molecule has 0 radical (unpaired) electrons. The first-order valence-corrected chi connectivity index (χ1v) is 4.86. The average molecular weight is 216 g/mol. The molecule has 5 nitrogen and oxygen atoms in total. The van der Waals surface area contributed by atoms with Gasteiger partial charge in [-0.25, -0.2) is 0 Å². The third-order valence-corrected chi connectivity index (χ3v) is 1.94. The van der Waals surface area contributed by atoms with E-state index in [0.29, 0.717) is 17.8 Å². The first-order chi connectivity index (χ1) is 7.78. The van der Waals surface area contributed by atoms with E-state index < -0.39 is 0 Å². The van der Waals surface area contributed by atoms with E-state index in [1.807, 2.05) is 30.3 Å². The number of nitrogens with one attached hydrogen (secondary N) is 1. The van der Waals surface area contributed by atoms with E-state index in [1.165, 1.54) is 7.11 Å². The Hall–Kier alpha value is -2.17. The van der Waals surface area contributed by atoms with Gasteiger partial charge in [0.2, 0.25) is 5.95 Å². The smallest absolute Gasteiger partial charge is 0.321 e. The molecule has 0 unspecified atom stereocenters. The van der Waals surface area contributed by atoms with Gasteiger partial charge in [-0.3, -0.25) is 0 Å². The van der Waals surface area contributed by atoms with Gasteiger partial charge in [-0.15, -0.1) is 0 Å². The van der Waals surface area contributed by atoms with Gasteiger partial charge in [-0.1, -0.05) is 18.2 Å². The van der Waals surface area contributed by atoms with Crippen molar-refractivity contribution in [1.29, 1.82) is 0 Å². The van der Waals surface area contributed by atoms with Crippen molar-refractivity contribution in [3.63, 3.8) is 0 Å². The number of anilines is 2. The van der Waals surface area contributed by atoms with Crippen molar-refractivity contribution in [3.05, 3.63) is 36.2 Å². The summed E-state index contributed by atoms with van der Waals surface area (Å²) >= 11 is 0. The molecule has 82 valence electrons. The fourth-order valence-electron chi connectivity index (χ4n) is 1.26. The summed E-state index contributed by atoms with van der Waals surface area (Å²) in [6, 6.07) is 10.0.